The second kappa shape index (κ2) is 5.21. The smallest absolute Gasteiger partial charge is 0.311 e. The largest absolute Gasteiger partial charge is 0.496 e. The van der Waals surface area contributed by atoms with E-state index >= 15 is 0 Å². The monoisotopic (exact) mass is 263 g/mol. The number of methoxy groups -OCH3 is 1. The van der Waals surface area contributed by atoms with Gasteiger partial charge in [-0.05, 0) is 44.0 Å². The van der Waals surface area contributed by atoms with E-state index in [2.05, 4.69) is 5.32 Å². The van der Waals surface area contributed by atoms with Crippen LogP contribution in [-0.2, 0) is 4.79 Å². The maximum Gasteiger partial charge on any atom is 0.311 e. The molecule has 0 amide bonds. The van der Waals surface area contributed by atoms with Crippen LogP contribution in [0.4, 0.5) is 0 Å². The van der Waals surface area contributed by atoms with Crippen LogP contribution in [0.3, 0.4) is 0 Å². The van der Waals surface area contributed by atoms with Crippen molar-refractivity contribution >= 4 is 5.97 Å². The first-order valence-corrected chi connectivity index (χ1v) is 6.60. The van der Waals surface area contributed by atoms with E-state index in [9.17, 15) is 9.90 Å². The normalized spacial score (nSPS) is 18.5. The number of carboxylic acids is 1. The lowest BCUT2D eigenvalue weighted by molar-refractivity contribution is -0.157. The van der Waals surface area contributed by atoms with Gasteiger partial charge in [0.25, 0.3) is 0 Å². The Hall–Kier alpha value is -1.55. The second-order valence-electron chi connectivity index (χ2n) is 5.27. The molecule has 2 N–H and O–H groups in total. The van der Waals surface area contributed by atoms with Crippen molar-refractivity contribution in [1.82, 2.24) is 5.32 Å². The van der Waals surface area contributed by atoms with Crippen LogP contribution in [0.1, 0.15) is 36.4 Å². The maximum atomic E-state index is 11.6. The van der Waals surface area contributed by atoms with E-state index in [1.165, 1.54) is 0 Å². The Kier molecular flexibility index (Phi) is 3.80. The number of aliphatic carboxylic acids is 1. The van der Waals surface area contributed by atoms with Gasteiger partial charge >= 0.3 is 5.97 Å². The van der Waals surface area contributed by atoms with E-state index in [1.54, 1.807) is 7.11 Å². The number of carboxylic acid groups (broad SMARTS) is 1. The van der Waals surface area contributed by atoms with Crippen LogP contribution >= 0.6 is 0 Å². The molecule has 2 rings (SSSR count). The van der Waals surface area contributed by atoms with Crippen molar-refractivity contribution in [2.75, 3.05) is 14.2 Å². The minimum atomic E-state index is -0.702. The Labute approximate surface area is 113 Å². The lowest BCUT2D eigenvalue weighted by Crippen LogP contribution is -2.47. The van der Waals surface area contributed by atoms with Gasteiger partial charge in [0.05, 0.1) is 12.5 Å². The molecule has 4 heteroatoms. The number of hydrogen-bond acceptors (Lipinski definition) is 3. The molecule has 1 aliphatic carbocycles. The molecule has 1 atom stereocenters. The average Bonchev–Trinajstić information content (AvgIpc) is 2.32. The summed E-state index contributed by atoms with van der Waals surface area (Å²) in [6.07, 6.45) is 2.46. The molecule has 1 aliphatic rings. The van der Waals surface area contributed by atoms with Gasteiger partial charge in [-0.25, -0.2) is 0 Å². The molecule has 1 aromatic carbocycles. The summed E-state index contributed by atoms with van der Waals surface area (Å²) in [7, 11) is 3.47. The first kappa shape index (κ1) is 13.9. The first-order valence-electron chi connectivity index (χ1n) is 6.60. The molecule has 0 bridgehead atoms. The van der Waals surface area contributed by atoms with Crippen molar-refractivity contribution in [3.8, 4) is 5.75 Å². The van der Waals surface area contributed by atoms with Gasteiger partial charge in [0.1, 0.15) is 5.75 Å². The average molecular weight is 263 g/mol. The van der Waals surface area contributed by atoms with Crippen LogP contribution in [0.2, 0.25) is 0 Å². The molecular weight excluding hydrogens is 242 g/mol. The van der Waals surface area contributed by atoms with Crippen molar-refractivity contribution in [2.24, 2.45) is 5.41 Å². The third-order valence-electron chi connectivity index (χ3n) is 4.27. The maximum absolute atomic E-state index is 11.6. The summed E-state index contributed by atoms with van der Waals surface area (Å²) >= 11 is 0. The van der Waals surface area contributed by atoms with Gasteiger partial charge in [0.2, 0.25) is 0 Å². The third-order valence-corrected chi connectivity index (χ3v) is 4.27. The molecule has 1 aromatic rings. The topological polar surface area (TPSA) is 58.6 Å². The van der Waals surface area contributed by atoms with Crippen LogP contribution in [0.25, 0.3) is 0 Å². The van der Waals surface area contributed by atoms with E-state index in [4.69, 9.17) is 4.74 Å². The van der Waals surface area contributed by atoms with Gasteiger partial charge in [-0.15, -0.1) is 0 Å². The number of aryl methyl sites for hydroxylation is 1. The second-order valence-corrected chi connectivity index (χ2v) is 5.27. The fraction of sp³-hybridized carbons (Fsp3) is 0.533. The number of hydrogen-bond donors (Lipinski definition) is 2. The lowest BCUT2D eigenvalue weighted by Gasteiger charge is -2.44. The van der Waals surface area contributed by atoms with Gasteiger partial charge < -0.3 is 15.2 Å². The number of benzene rings is 1. The number of nitrogens with one attached hydrogen (secondary N) is 1. The minimum Gasteiger partial charge on any atom is -0.496 e. The Balaban J connectivity index is 2.37. The zero-order chi connectivity index (χ0) is 14.0. The molecule has 0 radical (unpaired) electrons. The third kappa shape index (κ3) is 2.21. The van der Waals surface area contributed by atoms with Gasteiger partial charge in [-0.2, -0.15) is 0 Å². The SMILES string of the molecule is CNC(c1ccc(OC)c(C)c1)C1(C(=O)O)CCC1. The van der Waals surface area contributed by atoms with Crippen molar-refractivity contribution < 1.29 is 14.6 Å². The predicted molar refractivity (Wildman–Crippen MR) is 73.5 cm³/mol. The van der Waals surface area contributed by atoms with Crippen LogP contribution in [0, 0.1) is 12.3 Å². The van der Waals surface area contributed by atoms with Crippen molar-refractivity contribution in [2.45, 2.75) is 32.2 Å². The standard InChI is InChI=1S/C15H21NO3/c1-10-9-11(5-6-12(10)19-3)13(16-2)15(14(17)18)7-4-8-15/h5-6,9,13,16H,4,7-8H2,1-3H3,(H,17,18). The minimum absolute atomic E-state index is 0.150. The van der Waals surface area contributed by atoms with E-state index < -0.39 is 11.4 Å². The Morgan fingerprint density at radius 3 is 2.53 bits per heavy atom. The number of ether oxygens (including phenoxy) is 1. The lowest BCUT2D eigenvalue weighted by atomic mass is 9.62. The summed E-state index contributed by atoms with van der Waals surface area (Å²) in [4.78, 5) is 11.6. The quantitative estimate of drug-likeness (QED) is 0.857. The summed E-state index contributed by atoms with van der Waals surface area (Å²) in [5, 5.41) is 12.7. The fourth-order valence-corrected chi connectivity index (χ4v) is 3.03. The summed E-state index contributed by atoms with van der Waals surface area (Å²) in [6.45, 7) is 1.98. The summed E-state index contributed by atoms with van der Waals surface area (Å²) in [6, 6.07) is 5.73. The zero-order valence-corrected chi connectivity index (χ0v) is 11.7. The van der Waals surface area contributed by atoms with E-state index in [1.807, 2.05) is 32.2 Å². The van der Waals surface area contributed by atoms with Gasteiger partial charge in [-0.3, -0.25) is 4.79 Å². The first-order chi connectivity index (χ1) is 9.05. The molecule has 0 aromatic heterocycles. The molecule has 104 valence electrons. The van der Waals surface area contributed by atoms with Crippen LogP contribution in [0.15, 0.2) is 18.2 Å². The Bertz CT molecular complexity index is 480. The van der Waals surface area contributed by atoms with E-state index in [-0.39, 0.29) is 6.04 Å². The molecule has 1 fully saturated rings. The molecule has 4 nitrogen and oxygen atoms in total. The highest BCUT2D eigenvalue weighted by Crippen LogP contribution is 2.50. The van der Waals surface area contributed by atoms with Crippen LogP contribution in [-0.4, -0.2) is 25.2 Å². The predicted octanol–water partition coefficient (Wildman–Crippen LogP) is 2.52. The highest BCUT2D eigenvalue weighted by molar-refractivity contribution is 5.77. The highest BCUT2D eigenvalue weighted by Gasteiger charge is 2.50. The Morgan fingerprint density at radius 2 is 2.16 bits per heavy atom. The Morgan fingerprint density at radius 1 is 1.47 bits per heavy atom. The van der Waals surface area contributed by atoms with Crippen LogP contribution < -0.4 is 10.1 Å². The summed E-state index contributed by atoms with van der Waals surface area (Å²) < 4.78 is 5.25. The molecule has 0 saturated heterocycles. The molecular formula is C15H21NO3. The van der Waals surface area contributed by atoms with E-state index in [0.717, 1.165) is 36.1 Å². The molecule has 1 saturated carbocycles. The van der Waals surface area contributed by atoms with Gasteiger partial charge in [0.15, 0.2) is 0 Å². The van der Waals surface area contributed by atoms with E-state index in [0.29, 0.717) is 0 Å². The van der Waals surface area contributed by atoms with Crippen LogP contribution in [0.5, 0.6) is 5.75 Å². The molecule has 19 heavy (non-hydrogen) atoms. The van der Waals surface area contributed by atoms with Gasteiger partial charge in [0, 0.05) is 6.04 Å². The number of rotatable bonds is 5. The van der Waals surface area contributed by atoms with Crippen molar-refractivity contribution in [3.05, 3.63) is 29.3 Å². The fourth-order valence-electron chi connectivity index (χ4n) is 3.03. The molecule has 0 aliphatic heterocycles. The highest BCUT2D eigenvalue weighted by atomic mass is 16.5. The number of carbonyl (C=O) groups is 1. The van der Waals surface area contributed by atoms with Crippen molar-refractivity contribution in [1.29, 1.82) is 0 Å². The van der Waals surface area contributed by atoms with Crippen molar-refractivity contribution in [3.63, 3.8) is 0 Å². The summed E-state index contributed by atoms with van der Waals surface area (Å²) in [5.41, 5.74) is 1.39. The zero-order valence-electron chi connectivity index (χ0n) is 11.7. The summed E-state index contributed by atoms with van der Waals surface area (Å²) in [5.74, 6) is 0.128. The molecule has 0 heterocycles. The molecule has 0 spiro atoms. The molecule has 1 unspecified atom stereocenters. The van der Waals surface area contributed by atoms with Gasteiger partial charge in [-0.1, -0.05) is 18.6 Å².